The molecule has 4 nitrogen and oxygen atoms in total. The summed E-state index contributed by atoms with van der Waals surface area (Å²) in [6.45, 7) is 10.1. The lowest BCUT2D eigenvalue weighted by Crippen LogP contribution is -2.32. The van der Waals surface area contributed by atoms with E-state index in [2.05, 4.69) is 38.2 Å². The van der Waals surface area contributed by atoms with Crippen molar-refractivity contribution >= 4 is 29.3 Å². The van der Waals surface area contributed by atoms with Crippen LogP contribution in [0.2, 0.25) is 0 Å². The van der Waals surface area contributed by atoms with E-state index in [0.717, 1.165) is 17.5 Å². The van der Waals surface area contributed by atoms with Gasteiger partial charge in [0.15, 0.2) is 5.11 Å². The van der Waals surface area contributed by atoms with Crippen LogP contribution >= 0.6 is 12.2 Å². The van der Waals surface area contributed by atoms with Crippen LogP contribution in [-0.4, -0.2) is 35.7 Å². The molecule has 5 heteroatoms. The number of nitrogens with one attached hydrogen (secondary N) is 1. The van der Waals surface area contributed by atoms with Crippen molar-refractivity contribution in [1.82, 2.24) is 10.2 Å². The molecule has 0 saturated carbocycles. The van der Waals surface area contributed by atoms with Gasteiger partial charge in [-0.25, -0.2) is 0 Å². The van der Waals surface area contributed by atoms with Crippen LogP contribution in [0.4, 0.5) is 0 Å². The molecule has 0 unspecified atom stereocenters. The summed E-state index contributed by atoms with van der Waals surface area (Å²) in [6.07, 6.45) is 2.66. The van der Waals surface area contributed by atoms with Gasteiger partial charge in [0.2, 0.25) is 0 Å². The van der Waals surface area contributed by atoms with Gasteiger partial charge in [0.1, 0.15) is 5.70 Å². The van der Waals surface area contributed by atoms with Crippen molar-refractivity contribution in [1.29, 1.82) is 0 Å². The van der Waals surface area contributed by atoms with Crippen LogP contribution in [0.25, 0.3) is 6.08 Å². The first-order valence-corrected chi connectivity index (χ1v) is 8.35. The molecule has 1 aliphatic heterocycles. The molecule has 2 rings (SSSR count). The normalized spacial score (nSPS) is 16.3. The topological polar surface area (TPSA) is 41.6 Å². The van der Waals surface area contributed by atoms with Crippen LogP contribution in [-0.2, 0) is 9.53 Å². The Hall–Kier alpha value is -1.72. The molecule has 1 aliphatic rings. The lowest BCUT2D eigenvalue weighted by Gasteiger charge is -2.13. The molecule has 0 aromatic heterocycles. The Morgan fingerprint density at radius 1 is 1.22 bits per heavy atom. The molecule has 0 atom stereocenters. The maximum absolute atomic E-state index is 12.5. The Labute approximate surface area is 143 Å². The highest BCUT2D eigenvalue weighted by Crippen LogP contribution is 2.20. The van der Waals surface area contributed by atoms with E-state index in [0.29, 0.717) is 30.6 Å². The molecule has 1 fully saturated rings. The van der Waals surface area contributed by atoms with E-state index in [4.69, 9.17) is 17.0 Å². The molecule has 1 N–H and O–H groups in total. The minimum absolute atomic E-state index is 0.0656. The van der Waals surface area contributed by atoms with Crippen molar-refractivity contribution in [3.05, 3.63) is 40.1 Å². The summed E-state index contributed by atoms with van der Waals surface area (Å²) in [5.41, 5.74) is 5.20. The van der Waals surface area contributed by atoms with Gasteiger partial charge in [0, 0.05) is 19.8 Å². The van der Waals surface area contributed by atoms with Crippen LogP contribution in [0.5, 0.6) is 0 Å². The summed E-state index contributed by atoms with van der Waals surface area (Å²) in [4.78, 5) is 14.1. The zero-order chi connectivity index (χ0) is 17.0. The fourth-order valence-corrected chi connectivity index (χ4v) is 2.82. The number of hydrogen-bond donors (Lipinski definition) is 1. The van der Waals surface area contributed by atoms with Gasteiger partial charge in [-0.1, -0.05) is 12.1 Å². The van der Waals surface area contributed by atoms with E-state index in [1.54, 1.807) is 4.90 Å². The molecule has 0 radical (unpaired) electrons. The van der Waals surface area contributed by atoms with Crippen molar-refractivity contribution in [2.24, 2.45) is 0 Å². The number of ether oxygens (including phenoxy) is 1. The number of carbonyl (C=O) groups excluding carboxylic acids is 1. The standard InChI is InChI=1S/C18H24N2O2S/c1-5-22-8-6-7-20-17(21)16(19-18(20)23)11-15-10-13(3)12(2)9-14(15)4/h9-11H,5-8H2,1-4H3,(H,19,23)/b16-11+. The molecule has 23 heavy (non-hydrogen) atoms. The highest BCUT2D eigenvalue weighted by Gasteiger charge is 2.30. The fourth-order valence-electron chi connectivity index (χ4n) is 2.54. The van der Waals surface area contributed by atoms with Crippen molar-refractivity contribution in [2.45, 2.75) is 34.1 Å². The Morgan fingerprint density at radius 3 is 2.61 bits per heavy atom. The lowest BCUT2D eigenvalue weighted by atomic mass is 10.00. The third kappa shape index (κ3) is 4.18. The van der Waals surface area contributed by atoms with E-state index in [-0.39, 0.29) is 5.91 Å². The summed E-state index contributed by atoms with van der Waals surface area (Å²) in [7, 11) is 0. The van der Waals surface area contributed by atoms with Crippen molar-refractivity contribution < 1.29 is 9.53 Å². The minimum atomic E-state index is -0.0656. The fraction of sp³-hybridized carbons (Fsp3) is 0.444. The van der Waals surface area contributed by atoms with Gasteiger partial charge in [0.05, 0.1) is 0 Å². The number of benzene rings is 1. The molecule has 1 heterocycles. The van der Waals surface area contributed by atoms with Crippen LogP contribution in [0, 0.1) is 20.8 Å². The third-order valence-electron chi connectivity index (χ3n) is 4.02. The summed E-state index contributed by atoms with van der Waals surface area (Å²) in [6, 6.07) is 4.24. The van der Waals surface area contributed by atoms with Crippen LogP contribution < -0.4 is 5.32 Å². The summed E-state index contributed by atoms with van der Waals surface area (Å²) in [5.74, 6) is -0.0656. The summed E-state index contributed by atoms with van der Waals surface area (Å²) >= 11 is 5.28. The van der Waals surface area contributed by atoms with Crippen molar-refractivity contribution in [3.63, 3.8) is 0 Å². The Balaban J connectivity index is 2.14. The van der Waals surface area contributed by atoms with E-state index in [9.17, 15) is 4.79 Å². The molecule has 124 valence electrons. The van der Waals surface area contributed by atoms with Crippen molar-refractivity contribution in [3.8, 4) is 0 Å². The van der Waals surface area contributed by atoms with Gasteiger partial charge in [-0.2, -0.15) is 0 Å². The average molecular weight is 332 g/mol. The minimum Gasteiger partial charge on any atom is -0.382 e. The molecular formula is C18H24N2O2S. The predicted molar refractivity (Wildman–Crippen MR) is 97.2 cm³/mol. The van der Waals surface area contributed by atoms with Crippen LogP contribution in [0.15, 0.2) is 17.8 Å². The zero-order valence-corrected chi connectivity index (χ0v) is 15.0. The van der Waals surface area contributed by atoms with Gasteiger partial charge in [-0.05, 0) is 74.7 Å². The Morgan fingerprint density at radius 2 is 1.91 bits per heavy atom. The van der Waals surface area contributed by atoms with E-state index in [1.165, 1.54) is 11.1 Å². The van der Waals surface area contributed by atoms with Gasteiger partial charge >= 0.3 is 0 Å². The number of amides is 1. The highest BCUT2D eigenvalue weighted by atomic mass is 32.1. The van der Waals surface area contributed by atoms with Crippen molar-refractivity contribution in [2.75, 3.05) is 19.8 Å². The molecular weight excluding hydrogens is 308 g/mol. The molecule has 1 amide bonds. The van der Waals surface area contributed by atoms with Gasteiger partial charge in [0.25, 0.3) is 5.91 Å². The third-order valence-corrected chi connectivity index (χ3v) is 4.34. The Kier molecular flexibility index (Phi) is 5.91. The monoisotopic (exact) mass is 332 g/mol. The predicted octanol–water partition coefficient (Wildman–Crippen LogP) is 3.10. The van der Waals surface area contributed by atoms with E-state index in [1.807, 2.05) is 13.0 Å². The second-order valence-corrected chi connectivity index (χ2v) is 6.18. The van der Waals surface area contributed by atoms with Crippen LogP contribution in [0.1, 0.15) is 35.6 Å². The summed E-state index contributed by atoms with van der Waals surface area (Å²) in [5, 5.41) is 3.50. The molecule has 0 bridgehead atoms. The first-order valence-electron chi connectivity index (χ1n) is 7.94. The SMILES string of the molecule is CCOCCCN1C(=O)/C(=C\c2cc(C)c(C)cc2C)NC1=S. The molecule has 1 aromatic carbocycles. The van der Waals surface area contributed by atoms with E-state index < -0.39 is 0 Å². The lowest BCUT2D eigenvalue weighted by molar-refractivity contribution is -0.122. The first-order chi connectivity index (χ1) is 10.9. The zero-order valence-electron chi connectivity index (χ0n) is 14.2. The van der Waals surface area contributed by atoms with Gasteiger partial charge in [-0.3, -0.25) is 9.69 Å². The van der Waals surface area contributed by atoms with Gasteiger partial charge < -0.3 is 10.1 Å². The maximum atomic E-state index is 12.5. The highest BCUT2D eigenvalue weighted by molar-refractivity contribution is 7.80. The van der Waals surface area contributed by atoms with Gasteiger partial charge in [-0.15, -0.1) is 0 Å². The average Bonchev–Trinajstić information content (AvgIpc) is 2.76. The summed E-state index contributed by atoms with van der Waals surface area (Å²) < 4.78 is 5.31. The largest absolute Gasteiger partial charge is 0.382 e. The maximum Gasteiger partial charge on any atom is 0.276 e. The Bertz CT molecular complexity index is 653. The van der Waals surface area contributed by atoms with E-state index >= 15 is 0 Å². The smallest absolute Gasteiger partial charge is 0.276 e. The number of thiocarbonyl (C=S) groups is 1. The molecule has 0 aliphatic carbocycles. The molecule has 1 aromatic rings. The number of carbonyl (C=O) groups is 1. The number of aryl methyl sites for hydroxylation is 3. The molecule has 1 saturated heterocycles. The second kappa shape index (κ2) is 7.70. The number of rotatable bonds is 6. The first kappa shape index (κ1) is 17.6. The number of hydrogen-bond acceptors (Lipinski definition) is 3. The second-order valence-electron chi connectivity index (χ2n) is 5.79. The van der Waals surface area contributed by atoms with Crippen LogP contribution in [0.3, 0.4) is 0 Å². The quantitative estimate of drug-likeness (QED) is 0.494. The number of nitrogens with zero attached hydrogens (tertiary/aromatic N) is 1. The molecule has 0 spiro atoms.